The molecular weight excluding hydrogens is 506 g/mol. The predicted octanol–water partition coefficient (Wildman–Crippen LogP) is 3.86. The first-order chi connectivity index (χ1) is 15.4. The van der Waals surface area contributed by atoms with E-state index in [2.05, 4.69) is 21.2 Å². The molecule has 0 saturated heterocycles. The van der Waals surface area contributed by atoms with Crippen LogP contribution in [0.15, 0.2) is 53.0 Å². The first-order valence-electron chi connectivity index (χ1n) is 10.8. The lowest BCUT2D eigenvalue weighted by Gasteiger charge is -2.32. The number of nitrogens with zero attached hydrogens (tertiary/aromatic N) is 2. The third-order valence-corrected chi connectivity index (χ3v) is 7.05. The van der Waals surface area contributed by atoms with E-state index in [1.165, 1.54) is 4.90 Å². The summed E-state index contributed by atoms with van der Waals surface area (Å²) in [6, 6.07) is 13.5. The molecule has 0 heterocycles. The number of aryl methyl sites for hydroxylation is 1. The molecule has 0 unspecified atom stereocenters. The van der Waals surface area contributed by atoms with E-state index in [0.29, 0.717) is 5.69 Å². The van der Waals surface area contributed by atoms with Crippen LogP contribution in [0.4, 0.5) is 5.69 Å². The lowest BCUT2D eigenvalue weighted by atomic mass is 10.1. The van der Waals surface area contributed by atoms with Gasteiger partial charge in [-0.3, -0.25) is 13.9 Å². The van der Waals surface area contributed by atoms with Gasteiger partial charge >= 0.3 is 0 Å². The van der Waals surface area contributed by atoms with Gasteiger partial charge in [-0.25, -0.2) is 8.42 Å². The summed E-state index contributed by atoms with van der Waals surface area (Å²) in [5, 5.41) is 2.91. The smallest absolute Gasteiger partial charge is 0.244 e. The molecule has 0 saturated carbocycles. The molecule has 2 amide bonds. The molecule has 0 spiro atoms. The van der Waals surface area contributed by atoms with E-state index in [1.807, 2.05) is 45.0 Å². The zero-order valence-electron chi connectivity index (χ0n) is 19.7. The van der Waals surface area contributed by atoms with Crippen LogP contribution in [0.25, 0.3) is 0 Å². The molecule has 2 rings (SSSR count). The lowest BCUT2D eigenvalue weighted by Crippen LogP contribution is -2.52. The molecule has 0 fully saturated rings. The third-order valence-electron chi connectivity index (χ3n) is 5.41. The number of hydrogen-bond acceptors (Lipinski definition) is 4. The van der Waals surface area contributed by atoms with Gasteiger partial charge in [-0.1, -0.05) is 52.7 Å². The molecule has 9 heteroatoms. The Kier molecular flexibility index (Phi) is 9.48. The Bertz CT molecular complexity index is 1070. The van der Waals surface area contributed by atoms with Crippen molar-refractivity contribution in [3.05, 3.63) is 64.1 Å². The van der Waals surface area contributed by atoms with Crippen LogP contribution in [-0.4, -0.2) is 50.0 Å². The SMILES string of the molecule is CC[C@@H](C)NC(=O)[C@@H](C)N(Cc1cccc(Br)c1)C(=O)CN(c1ccc(C)cc1)S(C)(=O)=O. The van der Waals surface area contributed by atoms with E-state index in [9.17, 15) is 18.0 Å². The molecule has 0 radical (unpaired) electrons. The summed E-state index contributed by atoms with van der Waals surface area (Å²) in [6.45, 7) is 7.18. The number of anilines is 1. The van der Waals surface area contributed by atoms with Gasteiger partial charge in [0.05, 0.1) is 11.9 Å². The highest BCUT2D eigenvalue weighted by molar-refractivity contribution is 9.10. The number of halogens is 1. The Morgan fingerprint density at radius 2 is 1.73 bits per heavy atom. The summed E-state index contributed by atoms with van der Waals surface area (Å²) in [5.74, 6) is -0.748. The summed E-state index contributed by atoms with van der Waals surface area (Å²) in [6.07, 6.45) is 1.82. The average molecular weight is 539 g/mol. The second-order valence-electron chi connectivity index (χ2n) is 8.25. The van der Waals surface area contributed by atoms with Gasteiger partial charge in [-0.05, 0) is 57.0 Å². The number of benzene rings is 2. The van der Waals surface area contributed by atoms with Crippen LogP contribution < -0.4 is 9.62 Å². The average Bonchev–Trinajstić information content (AvgIpc) is 2.75. The third kappa shape index (κ3) is 7.85. The standard InChI is InChI=1S/C24H32BrN3O4S/c1-6-18(3)26-24(30)19(4)27(15-20-8-7-9-21(25)14-20)23(29)16-28(33(5,31)32)22-12-10-17(2)11-13-22/h7-14,18-19H,6,15-16H2,1-5H3,(H,26,30)/t18-,19-/m1/s1. The highest BCUT2D eigenvalue weighted by Crippen LogP contribution is 2.20. The van der Waals surface area contributed by atoms with E-state index in [1.54, 1.807) is 31.2 Å². The molecule has 0 aromatic heterocycles. The quantitative estimate of drug-likeness (QED) is 0.498. The molecule has 2 aromatic rings. The van der Waals surface area contributed by atoms with E-state index in [-0.39, 0.29) is 18.5 Å². The number of nitrogens with one attached hydrogen (secondary N) is 1. The molecule has 2 aromatic carbocycles. The van der Waals surface area contributed by atoms with Gasteiger partial charge in [-0.2, -0.15) is 0 Å². The van der Waals surface area contributed by atoms with Crippen molar-refractivity contribution < 1.29 is 18.0 Å². The highest BCUT2D eigenvalue weighted by Gasteiger charge is 2.30. The Hall–Kier alpha value is -2.39. The van der Waals surface area contributed by atoms with Crippen molar-refractivity contribution >= 4 is 43.5 Å². The minimum atomic E-state index is -3.73. The number of carbonyl (C=O) groups excluding carboxylic acids is 2. The molecule has 33 heavy (non-hydrogen) atoms. The van der Waals surface area contributed by atoms with Crippen LogP contribution in [0.5, 0.6) is 0 Å². The number of amides is 2. The van der Waals surface area contributed by atoms with Crippen molar-refractivity contribution in [1.82, 2.24) is 10.2 Å². The Morgan fingerprint density at radius 3 is 2.27 bits per heavy atom. The topological polar surface area (TPSA) is 86.8 Å². The zero-order chi connectivity index (χ0) is 24.8. The fourth-order valence-electron chi connectivity index (χ4n) is 3.20. The summed E-state index contributed by atoms with van der Waals surface area (Å²) in [5.41, 5.74) is 2.20. The van der Waals surface area contributed by atoms with Crippen LogP contribution in [-0.2, 0) is 26.2 Å². The number of rotatable bonds is 10. The molecule has 0 aliphatic carbocycles. The fraction of sp³-hybridized carbons (Fsp3) is 0.417. The maximum Gasteiger partial charge on any atom is 0.244 e. The maximum absolute atomic E-state index is 13.5. The first-order valence-corrected chi connectivity index (χ1v) is 13.4. The van der Waals surface area contributed by atoms with Crippen molar-refractivity contribution in [2.24, 2.45) is 0 Å². The predicted molar refractivity (Wildman–Crippen MR) is 135 cm³/mol. The summed E-state index contributed by atoms with van der Waals surface area (Å²) < 4.78 is 27.0. The minimum Gasteiger partial charge on any atom is -0.352 e. The summed E-state index contributed by atoms with van der Waals surface area (Å²) in [7, 11) is -3.73. The first kappa shape index (κ1) is 26.9. The van der Waals surface area contributed by atoms with E-state index in [0.717, 1.165) is 32.6 Å². The van der Waals surface area contributed by atoms with Gasteiger partial charge in [0.25, 0.3) is 0 Å². The van der Waals surface area contributed by atoms with Gasteiger partial charge < -0.3 is 10.2 Å². The maximum atomic E-state index is 13.5. The van der Waals surface area contributed by atoms with Crippen LogP contribution in [0, 0.1) is 6.92 Å². The second-order valence-corrected chi connectivity index (χ2v) is 11.1. The van der Waals surface area contributed by atoms with Crippen molar-refractivity contribution in [3.63, 3.8) is 0 Å². The Balaban J connectivity index is 2.37. The van der Waals surface area contributed by atoms with Crippen molar-refractivity contribution in [1.29, 1.82) is 0 Å². The van der Waals surface area contributed by atoms with Crippen molar-refractivity contribution in [2.45, 2.75) is 52.7 Å². The molecule has 7 nitrogen and oxygen atoms in total. The lowest BCUT2D eigenvalue weighted by molar-refractivity contribution is -0.139. The highest BCUT2D eigenvalue weighted by atomic mass is 79.9. The van der Waals surface area contributed by atoms with Gasteiger partial charge in [0.2, 0.25) is 21.8 Å². The van der Waals surface area contributed by atoms with Crippen molar-refractivity contribution in [3.8, 4) is 0 Å². The Labute approximate surface area is 205 Å². The van der Waals surface area contributed by atoms with Crippen LogP contribution in [0.2, 0.25) is 0 Å². The van der Waals surface area contributed by atoms with Gasteiger partial charge in [0.15, 0.2) is 0 Å². The number of carbonyl (C=O) groups is 2. The molecule has 2 atom stereocenters. The zero-order valence-corrected chi connectivity index (χ0v) is 22.1. The van der Waals surface area contributed by atoms with E-state index >= 15 is 0 Å². The van der Waals surface area contributed by atoms with Gasteiger partial charge in [-0.15, -0.1) is 0 Å². The summed E-state index contributed by atoms with van der Waals surface area (Å²) >= 11 is 3.43. The molecular formula is C24H32BrN3O4S. The normalized spacial score (nSPS) is 13.2. The van der Waals surface area contributed by atoms with Gasteiger partial charge in [0, 0.05) is 17.1 Å². The molecule has 0 aliphatic rings. The molecule has 180 valence electrons. The van der Waals surface area contributed by atoms with Crippen LogP contribution in [0.1, 0.15) is 38.3 Å². The largest absolute Gasteiger partial charge is 0.352 e. The van der Waals surface area contributed by atoms with E-state index < -0.39 is 28.5 Å². The second kappa shape index (κ2) is 11.7. The Morgan fingerprint density at radius 1 is 1.09 bits per heavy atom. The van der Waals surface area contributed by atoms with Gasteiger partial charge in [0.1, 0.15) is 12.6 Å². The van der Waals surface area contributed by atoms with Crippen LogP contribution in [0.3, 0.4) is 0 Å². The molecule has 0 aliphatic heterocycles. The fourth-order valence-corrected chi connectivity index (χ4v) is 4.50. The number of hydrogen-bond donors (Lipinski definition) is 1. The molecule has 0 bridgehead atoms. The van der Waals surface area contributed by atoms with Crippen molar-refractivity contribution in [2.75, 3.05) is 17.1 Å². The monoisotopic (exact) mass is 537 g/mol. The van der Waals surface area contributed by atoms with Crippen LogP contribution >= 0.6 is 15.9 Å². The summed E-state index contributed by atoms with van der Waals surface area (Å²) in [4.78, 5) is 27.7. The minimum absolute atomic E-state index is 0.0390. The molecule has 1 N–H and O–H groups in total. The van der Waals surface area contributed by atoms with E-state index in [4.69, 9.17) is 0 Å². The number of sulfonamides is 1.